The highest BCUT2D eigenvalue weighted by Crippen LogP contribution is 2.25. The number of nitrogens with one attached hydrogen (secondary N) is 2. The number of rotatable bonds is 4. The maximum atomic E-state index is 12.7. The van der Waals surface area contributed by atoms with Crippen LogP contribution >= 0.6 is 0 Å². The van der Waals surface area contributed by atoms with Crippen LogP contribution in [0.3, 0.4) is 0 Å². The van der Waals surface area contributed by atoms with Crippen molar-refractivity contribution >= 4 is 22.5 Å². The molecule has 1 saturated heterocycles. The van der Waals surface area contributed by atoms with Crippen LogP contribution in [0, 0.1) is 0 Å². The second-order valence-corrected chi connectivity index (χ2v) is 7.21. The number of carbonyl (C=O) groups excluding carboxylic acids is 1. The summed E-state index contributed by atoms with van der Waals surface area (Å²) in [7, 11) is 0. The van der Waals surface area contributed by atoms with E-state index in [0.29, 0.717) is 23.0 Å². The Bertz CT molecular complexity index is 1310. The van der Waals surface area contributed by atoms with Gasteiger partial charge in [-0.3, -0.25) is 14.5 Å². The first-order chi connectivity index (χ1) is 15.9. The number of hydrogen-bond acceptors (Lipinski definition) is 7. The van der Waals surface area contributed by atoms with Gasteiger partial charge in [0.15, 0.2) is 11.6 Å². The molecule has 0 bridgehead atoms. The molecule has 1 fully saturated rings. The fourth-order valence-corrected chi connectivity index (χ4v) is 3.55. The maximum Gasteiger partial charge on any atom is 0.278 e. The summed E-state index contributed by atoms with van der Waals surface area (Å²) in [6, 6.07) is 3.51. The van der Waals surface area contributed by atoms with Crippen molar-refractivity contribution < 1.29 is 13.3 Å². The molecule has 1 aliphatic heterocycles. The third-order valence-electron chi connectivity index (χ3n) is 5.17. The number of anilines is 1. The lowest BCUT2D eigenvalue weighted by Gasteiger charge is -2.19. The molecule has 30 heavy (non-hydrogen) atoms. The van der Waals surface area contributed by atoms with Gasteiger partial charge in [0.05, 0.1) is 11.9 Å². The number of aryl methyl sites for hydroxylation is 1. The zero-order valence-corrected chi connectivity index (χ0v) is 16.0. The van der Waals surface area contributed by atoms with Crippen molar-refractivity contribution in [3.05, 3.63) is 54.8 Å². The van der Waals surface area contributed by atoms with E-state index < -0.39 is 12.9 Å². The Labute approximate surface area is 176 Å². The molecule has 152 valence electrons. The van der Waals surface area contributed by atoms with Gasteiger partial charge in [-0.2, -0.15) is 5.10 Å². The lowest BCUT2D eigenvalue weighted by molar-refractivity contribution is 0.102. The van der Waals surface area contributed by atoms with Crippen LogP contribution < -0.4 is 10.6 Å². The number of hydrogen-bond donors (Lipinski definition) is 2. The number of carbonyl (C=O) groups is 1. The number of aromatic nitrogens is 5. The first-order valence-corrected chi connectivity index (χ1v) is 9.66. The molecule has 1 amide bonds. The normalized spacial score (nSPS) is 16.7. The van der Waals surface area contributed by atoms with Gasteiger partial charge < -0.3 is 15.1 Å². The Hall–Kier alpha value is -3.59. The molecule has 4 aromatic rings. The van der Waals surface area contributed by atoms with Crippen molar-refractivity contribution in [2.75, 3.05) is 18.4 Å². The quantitative estimate of drug-likeness (QED) is 0.536. The number of fused-ring (bicyclic) bond motifs is 1. The molecule has 0 spiro atoms. The molecule has 5 rings (SSSR count). The Morgan fingerprint density at radius 3 is 2.93 bits per heavy atom. The van der Waals surface area contributed by atoms with E-state index >= 15 is 0 Å². The van der Waals surface area contributed by atoms with E-state index in [0.717, 1.165) is 41.4 Å². The minimum Gasteiger partial charge on any atom is -0.448 e. The van der Waals surface area contributed by atoms with Gasteiger partial charge in [0.2, 0.25) is 0 Å². The Balaban J connectivity index is 1.35. The van der Waals surface area contributed by atoms with Gasteiger partial charge in [-0.15, -0.1) is 0 Å². The molecule has 9 nitrogen and oxygen atoms in total. The molecular weight excluding hydrogens is 382 g/mol. The number of nitrogens with zero attached hydrogens (tertiary/aromatic N) is 5. The van der Waals surface area contributed by atoms with Crippen LogP contribution in [0.15, 0.2) is 47.6 Å². The predicted molar refractivity (Wildman–Crippen MR) is 111 cm³/mol. The van der Waals surface area contributed by atoms with E-state index in [1.807, 2.05) is 0 Å². The van der Waals surface area contributed by atoms with E-state index in [-0.39, 0.29) is 11.6 Å². The minimum atomic E-state index is -2.36. The number of pyridine rings is 2. The smallest absolute Gasteiger partial charge is 0.278 e. The van der Waals surface area contributed by atoms with Gasteiger partial charge in [0.25, 0.3) is 5.91 Å². The summed E-state index contributed by atoms with van der Waals surface area (Å²) in [5.74, 6) is 0.752. The van der Waals surface area contributed by atoms with Crippen LogP contribution in [0.4, 0.5) is 5.82 Å². The molecule has 9 heteroatoms. The van der Waals surface area contributed by atoms with E-state index in [2.05, 4.69) is 30.7 Å². The van der Waals surface area contributed by atoms with Crippen molar-refractivity contribution in [1.29, 1.82) is 0 Å². The average molecular weight is 406 g/mol. The van der Waals surface area contributed by atoms with Crippen LogP contribution in [-0.4, -0.2) is 43.7 Å². The highest BCUT2D eigenvalue weighted by atomic mass is 16.3. The Morgan fingerprint density at radius 2 is 2.10 bits per heavy atom. The van der Waals surface area contributed by atoms with Gasteiger partial charge in [0.1, 0.15) is 12.1 Å². The zero-order valence-electron chi connectivity index (χ0n) is 19.0. The van der Waals surface area contributed by atoms with Crippen LogP contribution in [0.25, 0.3) is 22.0 Å². The molecule has 0 aliphatic carbocycles. The molecule has 0 saturated carbocycles. The third-order valence-corrected chi connectivity index (χ3v) is 5.17. The number of piperidine rings is 1. The molecule has 2 N–H and O–H groups in total. The monoisotopic (exact) mass is 406 g/mol. The summed E-state index contributed by atoms with van der Waals surface area (Å²) < 4.78 is 28.8. The summed E-state index contributed by atoms with van der Waals surface area (Å²) in [5.41, 5.74) is 1.34. The summed E-state index contributed by atoms with van der Waals surface area (Å²) in [5, 5.41) is 11.5. The summed E-state index contributed by atoms with van der Waals surface area (Å²) in [6.45, 7) is -0.543. The SMILES string of the molecule is [2H]C([2H])([2H])n1cc(-c2cc3cc(NC(=O)c4coc(C5CCNCC5)n4)ncc3cn2)cn1. The first-order valence-electron chi connectivity index (χ1n) is 11.2. The van der Waals surface area contributed by atoms with Crippen LogP contribution in [0.2, 0.25) is 0 Å². The topological polar surface area (TPSA) is 111 Å². The third kappa shape index (κ3) is 3.67. The highest BCUT2D eigenvalue weighted by molar-refractivity contribution is 6.03. The molecule has 5 heterocycles. The zero-order chi connectivity index (χ0) is 23.0. The largest absolute Gasteiger partial charge is 0.448 e. The maximum absolute atomic E-state index is 12.7. The van der Waals surface area contributed by atoms with Crippen LogP contribution in [-0.2, 0) is 6.98 Å². The molecule has 4 aromatic heterocycles. The Morgan fingerprint density at radius 1 is 1.23 bits per heavy atom. The predicted octanol–water partition coefficient (Wildman–Crippen LogP) is 2.74. The van der Waals surface area contributed by atoms with Gasteiger partial charge in [0, 0.05) is 46.5 Å². The fourth-order valence-electron chi connectivity index (χ4n) is 3.55. The van der Waals surface area contributed by atoms with Crippen molar-refractivity contribution in [2.45, 2.75) is 18.8 Å². The second kappa shape index (κ2) is 7.68. The summed E-state index contributed by atoms with van der Waals surface area (Å²) in [4.78, 5) is 25.7. The van der Waals surface area contributed by atoms with Gasteiger partial charge in [-0.1, -0.05) is 0 Å². The highest BCUT2D eigenvalue weighted by Gasteiger charge is 2.22. The van der Waals surface area contributed by atoms with Crippen molar-refractivity contribution in [3.8, 4) is 11.3 Å². The van der Waals surface area contributed by atoms with E-state index in [9.17, 15) is 4.79 Å². The fraction of sp³-hybridized carbons (Fsp3) is 0.286. The molecule has 0 atom stereocenters. The van der Waals surface area contributed by atoms with Gasteiger partial charge in [-0.05, 0) is 43.5 Å². The van der Waals surface area contributed by atoms with Crippen molar-refractivity contribution in [1.82, 2.24) is 30.0 Å². The van der Waals surface area contributed by atoms with Crippen LogP contribution in [0.5, 0.6) is 0 Å². The Kier molecular flexibility index (Phi) is 3.91. The average Bonchev–Trinajstić information content (AvgIpc) is 3.49. The second-order valence-electron chi connectivity index (χ2n) is 7.21. The molecule has 0 unspecified atom stereocenters. The molecule has 0 aromatic carbocycles. The van der Waals surface area contributed by atoms with Crippen molar-refractivity contribution in [3.63, 3.8) is 0 Å². The molecule has 1 aliphatic rings. The van der Waals surface area contributed by atoms with Gasteiger partial charge in [-0.25, -0.2) is 9.97 Å². The van der Waals surface area contributed by atoms with Gasteiger partial charge >= 0.3 is 0 Å². The standard InChI is InChI=1S/C21H21N7O2/c1-28-11-16(10-25-28)17-6-14-7-19(24-9-15(14)8-23-17)27-20(29)18-12-30-21(26-18)13-2-4-22-5-3-13/h6-13,22H,2-5H2,1H3,(H,24,27,29)/i1D3. The number of oxazole rings is 1. The summed E-state index contributed by atoms with van der Waals surface area (Å²) in [6.07, 6.45) is 9.35. The number of amides is 1. The molecule has 0 radical (unpaired) electrons. The minimum absolute atomic E-state index is 0.206. The first kappa shape index (κ1) is 15.3. The lowest BCUT2D eigenvalue weighted by Crippen LogP contribution is -2.26. The van der Waals surface area contributed by atoms with Crippen molar-refractivity contribution in [2.24, 2.45) is 6.98 Å². The van der Waals surface area contributed by atoms with Crippen LogP contribution in [0.1, 0.15) is 39.3 Å². The lowest BCUT2D eigenvalue weighted by atomic mass is 9.98. The van der Waals surface area contributed by atoms with E-state index in [1.54, 1.807) is 24.5 Å². The van der Waals surface area contributed by atoms with E-state index in [1.165, 1.54) is 18.7 Å². The molecular formula is C21H21N7O2. The summed E-state index contributed by atoms with van der Waals surface area (Å²) >= 11 is 0. The van der Waals surface area contributed by atoms with E-state index in [4.69, 9.17) is 8.53 Å².